The normalized spacial score (nSPS) is 12.0. The highest BCUT2D eigenvalue weighted by atomic mass is 15.1. The summed E-state index contributed by atoms with van der Waals surface area (Å²) in [6, 6.07) is 34.0. The van der Waals surface area contributed by atoms with Gasteiger partial charge in [0.1, 0.15) is 6.33 Å². The van der Waals surface area contributed by atoms with Crippen LogP contribution in [-0.4, -0.2) is 29.1 Å². The van der Waals surface area contributed by atoms with Gasteiger partial charge >= 0.3 is 0 Å². The number of hydrogen-bond acceptors (Lipinski definition) is 4. The molecule has 0 N–H and O–H groups in total. The minimum atomic E-state index is 0.894. The third kappa shape index (κ3) is 2.71. The molecule has 0 aliphatic heterocycles. The fraction of sp³-hybridized carbons (Fsp3) is 0. The van der Waals surface area contributed by atoms with E-state index in [1.54, 1.807) is 18.7 Å². The van der Waals surface area contributed by atoms with Crippen molar-refractivity contribution in [1.82, 2.24) is 29.1 Å². The van der Waals surface area contributed by atoms with Crippen LogP contribution < -0.4 is 0 Å². The Morgan fingerprint density at radius 1 is 0.500 bits per heavy atom. The van der Waals surface area contributed by atoms with E-state index in [-0.39, 0.29) is 0 Å². The van der Waals surface area contributed by atoms with Gasteiger partial charge in [0.2, 0.25) is 0 Å². The predicted molar refractivity (Wildman–Crippen MR) is 161 cm³/mol. The van der Waals surface area contributed by atoms with E-state index in [1.165, 1.54) is 0 Å². The lowest BCUT2D eigenvalue weighted by atomic mass is 10.1. The molecule has 0 saturated heterocycles. The molecule has 0 spiro atoms. The van der Waals surface area contributed by atoms with Gasteiger partial charge in [0.15, 0.2) is 0 Å². The van der Waals surface area contributed by atoms with E-state index >= 15 is 0 Å². The third-order valence-electron chi connectivity index (χ3n) is 7.91. The summed E-state index contributed by atoms with van der Waals surface area (Å²) in [7, 11) is 0. The number of para-hydroxylation sites is 4. The van der Waals surface area contributed by atoms with Gasteiger partial charge in [-0.25, -0.2) is 9.97 Å². The van der Waals surface area contributed by atoms with Crippen molar-refractivity contribution in [3.8, 4) is 11.4 Å². The lowest BCUT2D eigenvalue weighted by molar-refractivity contribution is 1.14. The Balaban J connectivity index is 1.67. The van der Waals surface area contributed by atoms with Crippen LogP contribution in [0.5, 0.6) is 0 Å². The molecule has 9 rings (SSSR count). The molecule has 0 saturated carbocycles. The van der Waals surface area contributed by atoms with Gasteiger partial charge in [0.25, 0.3) is 0 Å². The summed E-state index contributed by atoms with van der Waals surface area (Å²) >= 11 is 0. The molecule has 0 aliphatic carbocycles. The van der Waals surface area contributed by atoms with Crippen molar-refractivity contribution in [2.24, 2.45) is 0 Å². The van der Waals surface area contributed by atoms with Crippen LogP contribution in [0, 0.1) is 0 Å². The first-order valence-corrected chi connectivity index (χ1v) is 13.2. The Kier molecular flexibility index (Phi) is 4.24. The van der Waals surface area contributed by atoms with Gasteiger partial charge in [-0.15, -0.1) is 0 Å². The van der Waals surface area contributed by atoms with Gasteiger partial charge in [-0.05, 0) is 30.3 Å². The molecule has 0 unspecified atom stereocenters. The Labute approximate surface area is 227 Å². The molecule has 0 amide bonds. The Morgan fingerprint density at radius 3 is 1.85 bits per heavy atom. The molecule has 0 radical (unpaired) electrons. The van der Waals surface area contributed by atoms with E-state index < -0.39 is 0 Å². The van der Waals surface area contributed by atoms with Crippen molar-refractivity contribution in [2.45, 2.75) is 0 Å². The average Bonchev–Trinajstić information content (AvgIpc) is 3.55. The number of fused-ring (bicyclic) bond motifs is 11. The second kappa shape index (κ2) is 7.94. The van der Waals surface area contributed by atoms with Crippen molar-refractivity contribution in [3.05, 3.63) is 122 Å². The van der Waals surface area contributed by atoms with E-state index in [2.05, 4.69) is 111 Å². The Morgan fingerprint density at radius 2 is 1.12 bits per heavy atom. The standard InChI is InChI=1S/C34H20N6/c1-2-10-22(11-3-1)39-25-14-6-4-12-23(25)28-31-32(37-18-17-36-31)29-24-13-5-7-15-26(24)40(34(29)33(28)39)27-16-8-9-21-19-35-20-38-30(21)27/h1-20H. The molecular formula is C34H20N6. The molecule has 6 nitrogen and oxygen atoms in total. The van der Waals surface area contributed by atoms with Gasteiger partial charge in [-0.3, -0.25) is 9.97 Å². The second-order valence-electron chi connectivity index (χ2n) is 9.98. The molecule has 4 heterocycles. The van der Waals surface area contributed by atoms with Crippen LogP contribution in [0.15, 0.2) is 122 Å². The monoisotopic (exact) mass is 512 g/mol. The smallest absolute Gasteiger partial charge is 0.116 e. The summed E-state index contributed by atoms with van der Waals surface area (Å²) < 4.78 is 4.73. The zero-order chi connectivity index (χ0) is 26.2. The molecule has 0 atom stereocenters. The van der Waals surface area contributed by atoms with Gasteiger partial charge in [-0.2, -0.15) is 0 Å². The second-order valence-corrected chi connectivity index (χ2v) is 9.98. The third-order valence-corrected chi connectivity index (χ3v) is 7.91. The van der Waals surface area contributed by atoms with Crippen molar-refractivity contribution < 1.29 is 0 Å². The summed E-state index contributed by atoms with van der Waals surface area (Å²) in [4.78, 5) is 18.9. The van der Waals surface area contributed by atoms with Crippen molar-refractivity contribution in [1.29, 1.82) is 0 Å². The molecule has 5 aromatic carbocycles. The zero-order valence-corrected chi connectivity index (χ0v) is 21.2. The first kappa shape index (κ1) is 21.3. The molecule has 0 aliphatic rings. The van der Waals surface area contributed by atoms with Crippen molar-refractivity contribution in [3.63, 3.8) is 0 Å². The Bertz CT molecular complexity index is 2430. The zero-order valence-electron chi connectivity index (χ0n) is 21.2. The largest absolute Gasteiger partial charge is 0.307 e. The van der Waals surface area contributed by atoms with Crippen LogP contribution in [0.25, 0.3) is 76.9 Å². The number of rotatable bonds is 2. The molecule has 0 fully saturated rings. The van der Waals surface area contributed by atoms with Crippen LogP contribution in [-0.2, 0) is 0 Å². The molecule has 6 heteroatoms. The topological polar surface area (TPSA) is 61.4 Å². The summed E-state index contributed by atoms with van der Waals surface area (Å²) in [5.41, 5.74) is 9.18. The van der Waals surface area contributed by atoms with Crippen LogP contribution in [0.4, 0.5) is 0 Å². The first-order chi connectivity index (χ1) is 19.9. The fourth-order valence-electron chi connectivity index (χ4n) is 6.39. The molecule has 4 aromatic heterocycles. The van der Waals surface area contributed by atoms with E-state index in [4.69, 9.17) is 15.0 Å². The number of hydrogen-bond donors (Lipinski definition) is 0. The number of nitrogens with zero attached hydrogens (tertiary/aromatic N) is 6. The summed E-state index contributed by atoms with van der Waals surface area (Å²) in [6.07, 6.45) is 7.08. The van der Waals surface area contributed by atoms with E-state index in [1.807, 2.05) is 6.20 Å². The van der Waals surface area contributed by atoms with Crippen LogP contribution in [0.2, 0.25) is 0 Å². The molecular weight excluding hydrogens is 492 g/mol. The van der Waals surface area contributed by atoms with E-state index in [0.717, 1.165) is 76.9 Å². The SMILES string of the molecule is c1ccc(-n2c3ccccc3c3c4nccnc4c4c5ccccc5n(-c5cccc6cncnc56)c4c32)cc1. The lowest BCUT2D eigenvalue weighted by Gasteiger charge is -2.14. The number of aromatic nitrogens is 6. The van der Waals surface area contributed by atoms with Crippen LogP contribution >= 0.6 is 0 Å². The average molecular weight is 513 g/mol. The van der Waals surface area contributed by atoms with Gasteiger partial charge in [0.05, 0.1) is 44.3 Å². The minimum Gasteiger partial charge on any atom is -0.307 e. The van der Waals surface area contributed by atoms with Crippen LogP contribution in [0.1, 0.15) is 0 Å². The fourth-order valence-corrected chi connectivity index (χ4v) is 6.39. The van der Waals surface area contributed by atoms with E-state index in [0.29, 0.717) is 0 Å². The summed E-state index contributed by atoms with van der Waals surface area (Å²) in [6.45, 7) is 0. The molecule has 0 bridgehead atoms. The quantitative estimate of drug-likeness (QED) is 0.237. The highest BCUT2D eigenvalue weighted by molar-refractivity contribution is 6.35. The van der Waals surface area contributed by atoms with E-state index in [9.17, 15) is 0 Å². The van der Waals surface area contributed by atoms with Crippen molar-refractivity contribution in [2.75, 3.05) is 0 Å². The molecule has 40 heavy (non-hydrogen) atoms. The van der Waals surface area contributed by atoms with Crippen LogP contribution in [0.3, 0.4) is 0 Å². The molecule has 9 aromatic rings. The summed E-state index contributed by atoms with van der Waals surface area (Å²) in [5.74, 6) is 0. The Hall–Kier alpha value is -5.62. The van der Waals surface area contributed by atoms with Gasteiger partial charge in [0, 0.05) is 51.2 Å². The predicted octanol–water partition coefficient (Wildman–Crippen LogP) is 7.77. The summed E-state index contributed by atoms with van der Waals surface area (Å²) in [5, 5.41) is 5.43. The van der Waals surface area contributed by atoms with Crippen molar-refractivity contribution >= 4 is 65.5 Å². The van der Waals surface area contributed by atoms with Gasteiger partial charge < -0.3 is 9.13 Å². The highest BCUT2D eigenvalue weighted by Gasteiger charge is 2.26. The maximum absolute atomic E-state index is 4.96. The highest BCUT2D eigenvalue weighted by Crippen LogP contribution is 2.45. The van der Waals surface area contributed by atoms with Gasteiger partial charge in [-0.1, -0.05) is 66.7 Å². The lowest BCUT2D eigenvalue weighted by Crippen LogP contribution is -2.00. The first-order valence-electron chi connectivity index (χ1n) is 13.2. The minimum absolute atomic E-state index is 0.894. The number of benzene rings is 5. The maximum Gasteiger partial charge on any atom is 0.116 e. The maximum atomic E-state index is 4.96. The molecule has 186 valence electrons.